The first-order chi connectivity index (χ1) is 9.97. The van der Waals surface area contributed by atoms with Crippen LogP contribution in [0, 0.1) is 11.6 Å². The normalized spacial score (nSPS) is 10.2. The van der Waals surface area contributed by atoms with Crippen molar-refractivity contribution in [3.63, 3.8) is 0 Å². The van der Waals surface area contributed by atoms with Crippen LogP contribution in [0.4, 0.5) is 14.6 Å². The highest BCUT2D eigenvalue weighted by molar-refractivity contribution is 5.92. The van der Waals surface area contributed by atoms with Crippen molar-refractivity contribution >= 4 is 17.7 Å². The number of carboxylic acids is 1. The molecule has 0 aliphatic rings. The predicted molar refractivity (Wildman–Crippen MR) is 69.9 cm³/mol. The van der Waals surface area contributed by atoms with E-state index in [0.29, 0.717) is 0 Å². The van der Waals surface area contributed by atoms with Gasteiger partial charge in [0.05, 0.1) is 12.0 Å². The van der Waals surface area contributed by atoms with Crippen LogP contribution in [-0.2, 0) is 11.2 Å². The van der Waals surface area contributed by atoms with Crippen LogP contribution in [-0.4, -0.2) is 22.0 Å². The van der Waals surface area contributed by atoms with E-state index in [1.165, 1.54) is 18.2 Å². The third-order valence-electron chi connectivity index (χ3n) is 2.68. The molecule has 0 atom stereocenters. The maximum Gasteiger partial charge on any atom is 0.337 e. The average molecular weight is 292 g/mol. The number of aromatic nitrogens is 1. The molecule has 5 nitrogen and oxygen atoms in total. The molecule has 0 saturated heterocycles. The Kier molecular flexibility index (Phi) is 4.22. The van der Waals surface area contributed by atoms with E-state index < -0.39 is 29.9 Å². The molecule has 1 aromatic heterocycles. The second kappa shape index (κ2) is 6.08. The lowest BCUT2D eigenvalue weighted by Crippen LogP contribution is -2.17. The largest absolute Gasteiger partial charge is 0.478 e. The molecule has 7 heteroatoms. The van der Waals surface area contributed by atoms with Crippen molar-refractivity contribution in [2.45, 2.75) is 6.42 Å². The number of carbonyl (C=O) groups is 2. The summed E-state index contributed by atoms with van der Waals surface area (Å²) in [6, 6.07) is 5.88. The Balaban J connectivity index is 2.06. The van der Waals surface area contributed by atoms with Gasteiger partial charge in [-0.2, -0.15) is 0 Å². The standard InChI is InChI=1S/C14H10F2N2O3/c15-10-2-1-3-11(16)9(10)6-13(19)18-12-5-4-8(7-17-12)14(20)21/h1-5,7H,6H2,(H,20,21)(H,17,18,19). The first-order valence-electron chi connectivity index (χ1n) is 5.89. The summed E-state index contributed by atoms with van der Waals surface area (Å²) in [5.41, 5.74) is -0.370. The van der Waals surface area contributed by atoms with Gasteiger partial charge in [-0.25, -0.2) is 18.6 Å². The van der Waals surface area contributed by atoms with Crippen LogP contribution in [0.2, 0.25) is 0 Å². The molecule has 2 rings (SSSR count). The van der Waals surface area contributed by atoms with Gasteiger partial charge in [-0.1, -0.05) is 6.07 Å². The van der Waals surface area contributed by atoms with Crippen LogP contribution in [0.3, 0.4) is 0 Å². The first kappa shape index (κ1) is 14.6. The third kappa shape index (κ3) is 3.59. The van der Waals surface area contributed by atoms with E-state index in [1.54, 1.807) is 0 Å². The molecule has 0 saturated carbocycles. The lowest BCUT2D eigenvalue weighted by molar-refractivity contribution is -0.115. The minimum atomic E-state index is -1.14. The molecule has 0 aliphatic heterocycles. The van der Waals surface area contributed by atoms with E-state index in [-0.39, 0.29) is 16.9 Å². The Morgan fingerprint density at radius 2 is 1.81 bits per heavy atom. The number of amides is 1. The van der Waals surface area contributed by atoms with E-state index in [0.717, 1.165) is 18.3 Å². The number of benzene rings is 1. The van der Waals surface area contributed by atoms with Gasteiger partial charge in [0.1, 0.15) is 17.5 Å². The number of carboxylic acid groups (broad SMARTS) is 1. The first-order valence-corrected chi connectivity index (χ1v) is 5.89. The molecular weight excluding hydrogens is 282 g/mol. The highest BCUT2D eigenvalue weighted by Crippen LogP contribution is 2.13. The maximum atomic E-state index is 13.4. The molecule has 1 aromatic carbocycles. The Labute approximate surface area is 118 Å². The highest BCUT2D eigenvalue weighted by Gasteiger charge is 2.13. The summed E-state index contributed by atoms with van der Waals surface area (Å²) >= 11 is 0. The number of hydrogen-bond acceptors (Lipinski definition) is 3. The Bertz CT molecular complexity index is 667. The van der Waals surface area contributed by atoms with Crippen molar-refractivity contribution in [2.24, 2.45) is 0 Å². The number of aromatic carboxylic acids is 1. The van der Waals surface area contributed by atoms with Gasteiger partial charge in [0, 0.05) is 11.8 Å². The van der Waals surface area contributed by atoms with Crippen molar-refractivity contribution < 1.29 is 23.5 Å². The van der Waals surface area contributed by atoms with E-state index in [9.17, 15) is 18.4 Å². The number of carbonyl (C=O) groups excluding carboxylic acids is 1. The molecule has 1 heterocycles. The number of halogens is 2. The molecule has 2 aromatic rings. The molecule has 0 fully saturated rings. The van der Waals surface area contributed by atoms with Gasteiger partial charge in [-0.05, 0) is 24.3 Å². The van der Waals surface area contributed by atoms with Gasteiger partial charge in [-0.15, -0.1) is 0 Å². The fraction of sp³-hybridized carbons (Fsp3) is 0.0714. The molecule has 2 N–H and O–H groups in total. The monoisotopic (exact) mass is 292 g/mol. The van der Waals surface area contributed by atoms with Crippen molar-refractivity contribution in [2.75, 3.05) is 5.32 Å². The second-order valence-electron chi connectivity index (χ2n) is 4.16. The molecule has 0 spiro atoms. The minimum Gasteiger partial charge on any atom is -0.478 e. The molecule has 21 heavy (non-hydrogen) atoms. The number of hydrogen-bond donors (Lipinski definition) is 2. The summed E-state index contributed by atoms with van der Waals surface area (Å²) in [7, 11) is 0. The summed E-state index contributed by atoms with van der Waals surface area (Å²) in [4.78, 5) is 26.1. The topological polar surface area (TPSA) is 79.3 Å². The van der Waals surface area contributed by atoms with Gasteiger partial charge >= 0.3 is 5.97 Å². The Morgan fingerprint density at radius 3 is 2.33 bits per heavy atom. The van der Waals surface area contributed by atoms with Gasteiger partial charge in [0.25, 0.3) is 0 Å². The van der Waals surface area contributed by atoms with E-state index >= 15 is 0 Å². The number of rotatable bonds is 4. The van der Waals surface area contributed by atoms with Crippen molar-refractivity contribution in [1.29, 1.82) is 0 Å². The summed E-state index contributed by atoms with van der Waals surface area (Å²) in [5.74, 6) is -3.32. The maximum absolute atomic E-state index is 13.4. The zero-order chi connectivity index (χ0) is 15.4. The van der Waals surface area contributed by atoms with Crippen molar-refractivity contribution in [1.82, 2.24) is 4.98 Å². The zero-order valence-corrected chi connectivity index (χ0v) is 10.6. The third-order valence-corrected chi connectivity index (χ3v) is 2.68. The van der Waals surface area contributed by atoms with E-state index in [1.807, 2.05) is 0 Å². The van der Waals surface area contributed by atoms with Gasteiger partial charge in [-0.3, -0.25) is 4.79 Å². The molecule has 0 aliphatic carbocycles. The van der Waals surface area contributed by atoms with E-state index in [2.05, 4.69) is 10.3 Å². The average Bonchev–Trinajstić information content (AvgIpc) is 2.43. The summed E-state index contributed by atoms with van der Waals surface area (Å²) in [6.45, 7) is 0. The van der Waals surface area contributed by atoms with E-state index in [4.69, 9.17) is 5.11 Å². The second-order valence-corrected chi connectivity index (χ2v) is 4.16. The molecule has 0 radical (unpaired) electrons. The smallest absolute Gasteiger partial charge is 0.337 e. The van der Waals surface area contributed by atoms with Gasteiger partial charge < -0.3 is 10.4 Å². The SMILES string of the molecule is O=C(Cc1c(F)cccc1F)Nc1ccc(C(=O)O)cn1. The van der Waals surface area contributed by atoms with Crippen molar-refractivity contribution in [3.8, 4) is 0 Å². The molecule has 0 unspecified atom stereocenters. The quantitative estimate of drug-likeness (QED) is 0.905. The Hall–Kier alpha value is -2.83. The van der Waals surface area contributed by atoms with Crippen molar-refractivity contribution in [3.05, 3.63) is 59.3 Å². The van der Waals surface area contributed by atoms with Crippen LogP contribution in [0.25, 0.3) is 0 Å². The van der Waals surface area contributed by atoms with Gasteiger partial charge in [0.2, 0.25) is 5.91 Å². The molecular formula is C14H10F2N2O3. The summed E-state index contributed by atoms with van der Waals surface area (Å²) < 4.78 is 26.8. The Morgan fingerprint density at radius 1 is 1.14 bits per heavy atom. The number of nitrogens with one attached hydrogen (secondary N) is 1. The zero-order valence-electron chi connectivity index (χ0n) is 10.6. The lowest BCUT2D eigenvalue weighted by Gasteiger charge is -2.06. The minimum absolute atomic E-state index is 0.0341. The summed E-state index contributed by atoms with van der Waals surface area (Å²) in [6.07, 6.45) is 0.586. The molecule has 108 valence electrons. The fourth-order valence-corrected chi connectivity index (χ4v) is 1.64. The van der Waals surface area contributed by atoms with Crippen LogP contribution in [0.1, 0.15) is 15.9 Å². The number of pyridine rings is 1. The van der Waals surface area contributed by atoms with Crippen LogP contribution in [0.5, 0.6) is 0 Å². The fourth-order valence-electron chi connectivity index (χ4n) is 1.64. The number of anilines is 1. The van der Waals surface area contributed by atoms with Gasteiger partial charge in [0.15, 0.2) is 0 Å². The predicted octanol–water partition coefficient (Wildman–Crippen LogP) is 2.24. The molecule has 0 bridgehead atoms. The number of nitrogens with zero attached hydrogens (tertiary/aromatic N) is 1. The summed E-state index contributed by atoms with van der Waals surface area (Å²) in [5, 5.41) is 11.0. The van der Waals surface area contributed by atoms with Crippen LogP contribution < -0.4 is 5.32 Å². The highest BCUT2D eigenvalue weighted by atomic mass is 19.1. The molecule has 1 amide bonds. The van der Waals surface area contributed by atoms with Crippen LogP contribution >= 0.6 is 0 Å². The van der Waals surface area contributed by atoms with Crippen LogP contribution in [0.15, 0.2) is 36.5 Å². The lowest BCUT2D eigenvalue weighted by atomic mass is 10.1.